The topological polar surface area (TPSA) is 42.2 Å². The Labute approximate surface area is 104 Å². The number of aryl methyl sites for hydroxylation is 1. The summed E-state index contributed by atoms with van der Waals surface area (Å²) in [5, 5.41) is 9.76. The molecule has 0 saturated carbocycles. The number of aromatic carboxylic acids is 1. The summed E-state index contributed by atoms with van der Waals surface area (Å²) in [7, 11) is 0. The molecule has 1 N–H and O–H groups in total. The first-order valence-corrected chi connectivity index (χ1v) is 5.68. The molecule has 0 fully saturated rings. The van der Waals surface area contributed by atoms with E-state index in [1.54, 1.807) is 18.3 Å². The summed E-state index contributed by atoms with van der Waals surface area (Å²) in [4.78, 5) is 11.2. The Kier molecular flexibility index (Phi) is 3.20. The maximum Gasteiger partial charge on any atom is 0.337 e. The SMILES string of the molecule is CCn1cc(C(=O)O)c(-c2cccc(Cl)c2)c1. The van der Waals surface area contributed by atoms with Crippen LogP contribution in [0.25, 0.3) is 11.1 Å². The van der Waals surface area contributed by atoms with E-state index in [-0.39, 0.29) is 0 Å². The number of nitrogens with zero attached hydrogens (tertiary/aromatic N) is 1. The van der Waals surface area contributed by atoms with Crippen molar-refractivity contribution in [2.24, 2.45) is 0 Å². The monoisotopic (exact) mass is 249 g/mol. The van der Waals surface area contributed by atoms with Crippen LogP contribution in [-0.4, -0.2) is 15.6 Å². The summed E-state index contributed by atoms with van der Waals surface area (Å²) in [5.74, 6) is -0.924. The van der Waals surface area contributed by atoms with Gasteiger partial charge in [-0.3, -0.25) is 0 Å². The quantitative estimate of drug-likeness (QED) is 0.904. The number of benzene rings is 1. The lowest BCUT2D eigenvalue weighted by atomic mass is 10.1. The second-order valence-electron chi connectivity index (χ2n) is 3.73. The Bertz CT molecular complexity index is 560. The molecule has 0 aliphatic heterocycles. The van der Waals surface area contributed by atoms with E-state index in [1.165, 1.54) is 0 Å². The minimum absolute atomic E-state index is 0.300. The molecule has 0 radical (unpaired) electrons. The van der Waals surface area contributed by atoms with Crippen LogP contribution < -0.4 is 0 Å². The van der Waals surface area contributed by atoms with Crippen LogP contribution in [0.2, 0.25) is 5.02 Å². The average Bonchev–Trinajstić information content (AvgIpc) is 2.73. The van der Waals surface area contributed by atoms with Gasteiger partial charge in [0.05, 0.1) is 5.56 Å². The van der Waals surface area contributed by atoms with Crippen LogP contribution in [-0.2, 0) is 6.54 Å². The number of hydrogen-bond acceptors (Lipinski definition) is 1. The fourth-order valence-corrected chi connectivity index (χ4v) is 1.94. The molecule has 0 bridgehead atoms. The van der Waals surface area contributed by atoms with E-state index in [9.17, 15) is 4.79 Å². The van der Waals surface area contributed by atoms with Gasteiger partial charge in [0.1, 0.15) is 0 Å². The molecule has 0 unspecified atom stereocenters. The van der Waals surface area contributed by atoms with E-state index in [0.29, 0.717) is 16.1 Å². The maximum atomic E-state index is 11.2. The first-order chi connectivity index (χ1) is 8.11. The second kappa shape index (κ2) is 4.63. The molecule has 1 aromatic carbocycles. The highest BCUT2D eigenvalue weighted by atomic mass is 35.5. The van der Waals surface area contributed by atoms with Crippen molar-refractivity contribution in [2.45, 2.75) is 13.5 Å². The zero-order valence-corrected chi connectivity index (χ0v) is 10.1. The smallest absolute Gasteiger partial charge is 0.337 e. The number of aromatic nitrogens is 1. The van der Waals surface area contributed by atoms with Gasteiger partial charge >= 0.3 is 5.97 Å². The molecule has 0 atom stereocenters. The summed E-state index contributed by atoms with van der Waals surface area (Å²) in [5.41, 5.74) is 1.82. The molecule has 0 amide bonds. The van der Waals surface area contributed by atoms with E-state index in [0.717, 1.165) is 12.1 Å². The van der Waals surface area contributed by atoms with Crippen LogP contribution in [0.4, 0.5) is 0 Å². The van der Waals surface area contributed by atoms with Gasteiger partial charge in [-0.25, -0.2) is 4.79 Å². The third-order valence-electron chi connectivity index (χ3n) is 2.61. The highest BCUT2D eigenvalue weighted by molar-refractivity contribution is 6.30. The molecule has 1 aromatic heterocycles. The van der Waals surface area contributed by atoms with E-state index in [4.69, 9.17) is 16.7 Å². The van der Waals surface area contributed by atoms with Crippen LogP contribution in [0.15, 0.2) is 36.7 Å². The Balaban J connectivity index is 2.57. The van der Waals surface area contributed by atoms with Crippen LogP contribution in [0.5, 0.6) is 0 Å². The highest BCUT2D eigenvalue weighted by Crippen LogP contribution is 2.27. The van der Waals surface area contributed by atoms with E-state index in [2.05, 4.69) is 0 Å². The van der Waals surface area contributed by atoms with Gasteiger partial charge in [-0.1, -0.05) is 23.7 Å². The lowest BCUT2D eigenvalue weighted by Crippen LogP contribution is -1.96. The lowest BCUT2D eigenvalue weighted by Gasteiger charge is -2.00. The van der Waals surface area contributed by atoms with Crippen LogP contribution in [0, 0.1) is 0 Å². The number of rotatable bonds is 3. The molecule has 2 aromatic rings. The molecule has 0 aliphatic carbocycles. The van der Waals surface area contributed by atoms with Gasteiger partial charge in [0.2, 0.25) is 0 Å². The van der Waals surface area contributed by atoms with Gasteiger partial charge in [-0.15, -0.1) is 0 Å². The minimum atomic E-state index is -0.924. The molecule has 0 saturated heterocycles. The van der Waals surface area contributed by atoms with Crippen molar-refractivity contribution >= 4 is 17.6 Å². The minimum Gasteiger partial charge on any atom is -0.478 e. The number of carboxylic acids is 1. The first-order valence-electron chi connectivity index (χ1n) is 5.31. The summed E-state index contributed by atoms with van der Waals surface area (Å²) >= 11 is 5.91. The van der Waals surface area contributed by atoms with Gasteiger partial charge in [-0.05, 0) is 24.6 Å². The number of hydrogen-bond donors (Lipinski definition) is 1. The summed E-state index contributed by atoms with van der Waals surface area (Å²) in [6.07, 6.45) is 3.47. The van der Waals surface area contributed by atoms with Gasteiger partial charge in [0.15, 0.2) is 0 Å². The molecule has 2 rings (SSSR count). The summed E-state index contributed by atoms with van der Waals surface area (Å²) in [6.45, 7) is 2.70. The Morgan fingerprint density at radius 2 is 2.18 bits per heavy atom. The third kappa shape index (κ3) is 2.34. The molecular weight excluding hydrogens is 238 g/mol. The molecule has 88 valence electrons. The van der Waals surface area contributed by atoms with Crippen molar-refractivity contribution < 1.29 is 9.90 Å². The molecule has 1 heterocycles. The van der Waals surface area contributed by atoms with Crippen molar-refractivity contribution in [3.8, 4) is 11.1 Å². The van der Waals surface area contributed by atoms with Crippen LogP contribution in [0.3, 0.4) is 0 Å². The van der Waals surface area contributed by atoms with Crippen molar-refractivity contribution in [2.75, 3.05) is 0 Å². The Hall–Kier alpha value is -1.74. The van der Waals surface area contributed by atoms with Crippen molar-refractivity contribution in [1.82, 2.24) is 4.57 Å². The predicted octanol–water partition coefficient (Wildman–Crippen LogP) is 3.53. The second-order valence-corrected chi connectivity index (χ2v) is 4.17. The Morgan fingerprint density at radius 3 is 2.76 bits per heavy atom. The van der Waals surface area contributed by atoms with E-state index in [1.807, 2.05) is 29.8 Å². The molecular formula is C13H12ClNO2. The zero-order chi connectivity index (χ0) is 12.4. The normalized spacial score (nSPS) is 10.5. The van der Waals surface area contributed by atoms with Crippen molar-refractivity contribution in [1.29, 1.82) is 0 Å². The number of halogens is 1. The molecule has 0 aliphatic rings. The van der Waals surface area contributed by atoms with Gasteiger partial charge in [0, 0.05) is 29.5 Å². The first kappa shape index (κ1) is 11.7. The highest BCUT2D eigenvalue weighted by Gasteiger charge is 2.14. The van der Waals surface area contributed by atoms with Crippen LogP contribution >= 0.6 is 11.6 Å². The van der Waals surface area contributed by atoms with E-state index >= 15 is 0 Å². The average molecular weight is 250 g/mol. The molecule has 0 spiro atoms. The number of carboxylic acid groups (broad SMARTS) is 1. The standard InChI is InChI=1S/C13H12ClNO2/c1-2-15-7-11(12(8-15)13(16)17)9-4-3-5-10(14)6-9/h3-8H,2H2,1H3,(H,16,17). The zero-order valence-electron chi connectivity index (χ0n) is 9.35. The van der Waals surface area contributed by atoms with Crippen LogP contribution in [0.1, 0.15) is 17.3 Å². The number of carbonyl (C=O) groups is 1. The van der Waals surface area contributed by atoms with Crippen molar-refractivity contribution in [3.63, 3.8) is 0 Å². The van der Waals surface area contributed by atoms with E-state index < -0.39 is 5.97 Å². The van der Waals surface area contributed by atoms with Gasteiger partial charge < -0.3 is 9.67 Å². The maximum absolute atomic E-state index is 11.2. The lowest BCUT2D eigenvalue weighted by molar-refractivity contribution is 0.0697. The molecule has 17 heavy (non-hydrogen) atoms. The predicted molar refractivity (Wildman–Crippen MR) is 67.5 cm³/mol. The third-order valence-corrected chi connectivity index (χ3v) is 2.85. The molecule has 4 heteroatoms. The molecule has 3 nitrogen and oxygen atoms in total. The fraction of sp³-hybridized carbons (Fsp3) is 0.154. The largest absolute Gasteiger partial charge is 0.478 e. The summed E-state index contributed by atoms with van der Waals surface area (Å²) in [6, 6.07) is 7.20. The fourth-order valence-electron chi connectivity index (χ4n) is 1.75. The summed E-state index contributed by atoms with van der Waals surface area (Å²) < 4.78 is 1.85. The van der Waals surface area contributed by atoms with Crippen molar-refractivity contribution in [3.05, 3.63) is 47.2 Å². The van der Waals surface area contributed by atoms with Gasteiger partial charge in [-0.2, -0.15) is 0 Å². The van der Waals surface area contributed by atoms with Gasteiger partial charge in [0.25, 0.3) is 0 Å². The Morgan fingerprint density at radius 1 is 1.41 bits per heavy atom.